The van der Waals surface area contributed by atoms with E-state index < -0.39 is 0 Å². The lowest BCUT2D eigenvalue weighted by atomic mass is 9.72. The summed E-state index contributed by atoms with van der Waals surface area (Å²) in [5, 5.41) is 0. The molecule has 18 heavy (non-hydrogen) atoms. The molecule has 1 aliphatic carbocycles. The van der Waals surface area contributed by atoms with Crippen molar-refractivity contribution in [1.29, 1.82) is 0 Å². The van der Waals surface area contributed by atoms with Crippen LogP contribution in [0.1, 0.15) is 38.3 Å². The fraction of sp³-hybridized carbons (Fsp3) is 0.375. The van der Waals surface area contributed by atoms with E-state index in [1.54, 1.807) is 0 Å². The zero-order chi connectivity index (χ0) is 13.5. The summed E-state index contributed by atoms with van der Waals surface area (Å²) in [4.78, 5) is 0. The van der Waals surface area contributed by atoms with E-state index in [0.717, 1.165) is 23.4 Å². The normalized spacial score (nSPS) is 18.8. The summed E-state index contributed by atoms with van der Waals surface area (Å²) in [7, 11) is 0. The van der Waals surface area contributed by atoms with Crippen LogP contribution in [0.15, 0.2) is 35.5 Å². The number of hydrogen-bond acceptors (Lipinski definition) is 2. The number of nitrogen functional groups attached to an aromatic ring is 1. The molecule has 0 saturated heterocycles. The Bertz CT molecular complexity index is 548. The number of hydrogen-bond donors (Lipinski definition) is 2. The molecule has 96 valence electrons. The van der Waals surface area contributed by atoms with Gasteiger partial charge in [-0.2, -0.15) is 0 Å². The second kappa shape index (κ2) is 4.20. The molecule has 0 radical (unpaired) electrons. The van der Waals surface area contributed by atoms with Crippen LogP contribution in [0, 0.1) is 12.3 Å². The molecule has 0 atom stereocenters. The number of anilines is 1. The lowest BCUT2D eigenvalue weighted by molar-refractivity contribution is 0.485. The lowest BCUT2D eigenvalue weighted by Crippen LogP contribution is -2.22. The molecule has 2 rings (SSSR count). The van der Waals surface area contributed by atoms with Gasteiger partial charge < -0.3 is 11.5 Å². The zero-order valence-electron chi connectivity index (χ0n) is 11.7. The molecule has 0 fully saturated rings. The topological polar surface area (TPSA) is 52.0 Å². The molecule has 0 saturated carbocycles. The Labute approximate surface area is 109 Å². The SMILES string of the molecule is CC1=C(N)CC(C)(C)C(c2ccc(N)c(C)c2)=C1. The molecule has 0 aromatic heterocycles. The predicted molar refractivity (Wildman–Crippen MR) is 78.9 cm³/mol. The van der Waals surface area contributed by atoms with Gasteiger partial charge >= 0.3 is 0 Å². The van der Waals surface area contributed by atoms with Gasteiger partial charge in [0.1, 0.15) is 0 Å². The Morgan fingerprint density at radius 1 is 1.11 bits per heavy atom. The van der Waals surface area contributed by atoms with Crippen molar-refractivity contribution in [3.63, 3.8) is 0 Å². The zero-order valence-corrected chi connectivity index (χ0v) is 11.7. The molecular formula is C16H22N2. The second-order valence-corrected chi connectivity index (χ2v) is 5.90. The van der Waals surface area contributed by atoms with Crippen molar-refractivity contribution in [2.45, 2.75) is 34.1 Å². The molecule has 0 aliphatic heterocycles. The van der Waals surface area contributed by atoms with Crippen LogP contribution < -0.4 is 11.5 Å². The van der Waals surface area contributed by atoms with Crippen molar-refractivity contribution in [2.24, 2.45) is 11.1 Å². The number of nitrogens with two attached hydrogens (primary N) is 2. The number of aryl methyl sites for hydroxylation is 1. The van der Waals surface area contributed by atoms with Gasteiger partial charge in [0.2, 0.25) is 0 Å². The highest BCUT2D eigenvalue weighted by Crippen LogP contribution is 2.43. The monoisotopic (exact) mass is 242 g/mol. The quantitative estimate of drug-likeness (QED) is 0.739. The van der Waals surface area contributed by atoms with Gasteiger partial charge in [-0.15, -0.1) is 0 Å². The summed E-state index contributed by atoms with van der Waals surface area (Å²) in [5.41, 5.74) is 18.8. The van der Waals surface area contributed by atoms with Crippen molar-refractivity contribution in [3.05, 3.63) is 46.7 Å². The third-order valence-corrected chi connectivity index (χ3v) is 3.81. The molecule has 2 nitrogen and oxygen atoms in total. The minimum absolute atomic E-state index is 0.0755. The van der Waals surface area contributed by atoms with E-state index in [1.165, 1.54) is 16.7 Å². The van der Waals surface area contributed by atoms with Crippen molar-refractivity contribution in [1.82, 2.24) is 0 Å². The Balaban J connectivity index is 2.54. The number of benzene rings is 1. The van der Waals surface area contributed by atoms with E-state index in [1.807, 2.05) is 13.0 Å². The largest absolute Gasteiger partial charge is 0.402 e. The van der Waals surface area contributed by atoms with Crippen LogP contribution in [0.4, 0.5) is 5.69 Å². The van der Waals surface area contributed by atoms with E-state index >= 15 is 0 Å². The Hall–Kier alpha value is -1.70. The third-order valence-electron chi connectivity index (χ3n) is 3.81. The van der Waals surface area contributed by atoms with Crippen molar-refractivity contribution in [3.8, 4) is 0 Å². The number of allylic oxidation sites excluding steroid dienone is 4. The molecule has 0 heterocycles. The summed E-state index contributed by atoms with van der Waals surface area (Å²) in [6.45, 7) is 8.61. The average molecular weight is 242 g/mol. The first kappa shape index (κ1) is 12.7. The van der Waals surface area contributed by atoms with Crippen LogP contribution in [0.25, 0.3) is 5.57 Å². The van der Waals surface area contributed by atoms with Crippen LogP contribution >= 0.6 is 0 Å². The van der Waals surface area contributed by atoms with Gasteiger partial charge in [-0.25, -0.2) is 0 Å². The fourth-order valence-electron chi connectivity index (χ4n) is 2.53. The Morgan fingerprint density at radius 3 is 2.39 bits per heavy atom. The van der Waals surface area contributed by atoms with Gasteiger partial charge in [0.25, 0.3) is 0 Å². The van der Waals surface area contributed by atoms with Crippen molar-refractivity contribution >= 4 is 11.3 Å². The van der Waals surface area contributed by atoms with Gasteiger partial charge in [0.15, 0.2) is 0 Å². The maximum absolute atomic E-state index is 6.06. The fourth-order valence-corrected chi connectivity index (χ4v) is 2.53. The highest BCUT2D eigenvalue weighted by Gasteiger charge is 2.29. The molecule has 0 unspecified atom stereocenters. The van der Waals surface area contributed by atoms with Gasteiger partial charge in [0, 0.05) is 11.4 Å². The van der Waals surface area contributed by atoms with Crippen LogP contribution in [0.5, 0.6) is 0 Å². The summed E-state index contributed by atoms with van der Waals surface area (Å²) < 4.78 is 0. The molecule has 1 aromatic carbocycles. The highest BCUT2D eigenvalue weighted by molar-refractivity contribution is 5.75. The van der Waals surface area contributed by atoms with E-state index in [-0.39, 0.29) is 5.41 Å². The third kappa shape index (κ3) is 2.15. The van der Waals surface area contributed by atoms with Crippen LogP contribution in [0.3, 0.4) is 0 Å². The van der Waals surface area contributed by atoms with Crippen LogP contribution in [-0.4, -0.2) is 0 Å². The van der Waals surface area contributed by atoms with Crippen LogP contribution in [-0.2, 0) is 0 Å². The van der Waals surface area contributed by atoms with Crippen LogP contribution in [0.2, 0.25) is 0 Å². The summed E-state index contributed by atoms with van der Waals surface area (Å²) in [5.74, 6) is 0. The highest BCUT2D eigenvalue weighted by atomic mass is 14.6. The predicted octanol–water partition coefficient (Wildman–Crippen LogP) is 3.62. The van der Waals surface area contributed by atoms with Crippen molar-refractivity contribution < 1.29 is 0 Å². The molecule has 0 spiro atoms. The summed E-state index contributed by atoms with van der Waals surface area (Å²) >= 11 is 0. The molecule has 2 heteroatoms. The van der Waals surface area contributed by atoms with Gasteiger partial charge in [-0.3, -0.25) is 0 Å². The minimum atomic E-state index is 0.0755. The van der Waals surface area contributed by atoms with E-state index in [0.29, 0.717) is 0 Å². The van der Waals surface area contributed by atoms with Crippen molar-refractivity contribution in [2.75, 3.05) is 5.73 Å². The molecule has 1 aromatic rings. The van der Waals surface area contributed by atoms with Gasteiger partial charge in [0.05, 0.1) is 0 Å². The molecular weight excluding hydrogens is 220 g/mol. The number of rotatable bonds is 1. The van der Waals surface area contributed by atoms with Gasteiger partial charge in [-0.05, 0) is 60.1 Å². The molecule has 0 amide bonds. The molecule has 1 aliphatic rings. The average Bonchev–Trinajstić information content (AvgIpc) is 2.27. The standard InChI is InChI=1S/C16H22N2/c1-10-7-12(5-6-14(10)17)13-8-11(2)15(18)9-16(13,3)4/h5-8H,9,17-18H2,1-4H3. The lowest BCUT2D eigenvalue weighted by Gasteiger charge is -2.33. The maximum Gasteiger partial charge on any atom is 0.0344 e. The molecule has 0 bridgehead atoms. The van der Waals surface area contributed by atoms with Gasteiger partial charge in [-0.1, -0.05) is 26.0 Å². The smallest absolute Gasteiger partial charge is 0.0344 e. The van der Waals surface area contributed by atoms with E-state index in [2.05, 4.69) is 39.0 Å². The first-order valence-electron chi connectivity index (χ1n) is 6.35. The van der Waals surface area contributed by atoms with E-state index in [9.17, 15) is 0 Å². The van der Waals surface area contributed by atoms with E-state index in [4.69, 9.17) is 11.5 Å². The Morgan fingerprint density at radius 2 is 1.78 bits per heavy atom. The summed E-state index contributed by atoms with van der Waals surface area (Å²) in [6.07, 6.45) is 3.12. The second-order valence-electron chi connectivity index (χ2n) is 5.90. The first-order chi connectivity index (χ1) is 8.31. The maximum atomic E-state index is 6.06. The molecule has 4 N–H and O–H groups in total. The summed E-state index contributed by atoms with van der Waals surface area (Å²) in [6, 6.07) is 6.25. The first-order valence-corrected chi connectivity index (χ1v) is 6.35. The minimum Gasteiger partial charge on any atom is -0.402 e. The Kier molecular flexibility index (Phi) is 2.97.